The van der Waals surface area contributed by atoms with Crippen molar-refractivity contribution in [2.24, 2.45) is 0 Å². The van der Waals surface area contributed by atoms with E-state index in [1.807, 2.05) is 42.5 Å². The number of amides is 1. The van der Waals surface area contributed by atoms with Crippen LogP contribution in [0.1, 0.15) is 10.4 Å². The number of fused-ring (bicyclic) bond motifs is 1. The maximum Gasteiger partial charge on any atom is 0.261 e. The Morgan fingerprint density at radius 1 is 0.923 bits per heavy atom. The predicted octanol–water partition coefficient (Wildman–Crippen LogP) is 3.84. The van der Waals surface area contributed by atoms with Crippen molar-refractivity contribution in [2.75, 3.05) is 5.32 Å². The molecular formula is C21H15N3O2. The first kappa shape index (κ1) is 15.8. The summed E-state index contributed by atoms with van der Waals surface area (Å²) in [6.45, 7) is 0. The van der Waals surface area contributed by atoms with Crippen molar-refractivity contribution in [3.63, 3.8) is 0 Å². The fraction of sp³-hybridized carbons (Fsp3) is 0. The number of rotatable bonds is 3. The Hall–Kier alpha value is -3.73. The number of nitrogens with zero attached hydrogens (tertiary/aromatic N) is 1. The summed E-state index contributed by atoms with van der Waals surface area (Å²) < 4.78 is 0. The van der Waals surface area contributed by atoms with Crippen LogP contribution in [0.2, 0.25) is 0 Å². The molecule has 0 spiro atoms. The van der Waals surface area contributed by atoms with Gasteiger partial charge in [-0.3, -0.25) is 14.6 Å². The third-order valence-electron chi connectivity index (χ3n) is 4.15. The Morgan fingerprint density at radius 3 is 2.54 bits per heavy atom. The molecule has 0 aliphatic heterocycles. The average Bonchev–Trinajstić information content (AvgIpc) is 2.69. The third-order valence-corrected chi connectivity index (χ3v) is 4.15. The standard InChI is InChI=1S/C21H15N3O2/c25-20-15-8-2-3-9-18(15)23-13-16(20)21(26)24-19-11-4-1-7-14(19)17-10-5-6-12-22-17/h1-13H,(H,23,25)(H,24,26). The van der Waals surface area contributed by atoms with Gasteiger partial charge < -0.3 is 10.3 Å². The molecule has 4 aromatic rings. The Labute approximate surface area is 149 Å². The number of H-pyrrole nitrogens is 1. The quantitative estimate of drug-likeness (QED) is 0.594. The van der Waals surface area contributed by atoms with E-state index in [-0.39, 0.29) is 11.0 Å². The molecule has 2 N–H and O–H groups in total. The second-order valence-corrected chi connectivity index (χ2v) is 5.79. The molecule has 26 heavy (non-hydrogen) atoms. The lowest BCUT2D eigenvalue weighted by atomic mass is 10.1. The Morgan fingerprint density at radius 2 is 1.69 bits per heavy atom. The molecule has 0 aliphatic carbocycles. The van der Waals surface area contributed by atoms with E-state index in [4.69, 9.17) is 0 Å². The number of aromatic amines is 1. The summed E-state index contributed by atoms with van der Waals surface area (Å²) in [5, 5.41) is 3.32. The molecule has 5 nitrogen and oxygen atoms in total. The Balaban J connectivity index is 1.72. The first-order valence-corrected chi connectivity index (χ1v) is 8.16. The number of pyridine rings is 2. The predicted molar refractivity (Wildman–Crippen MR) is 102 cm³/mol. The van der Waals surface area contributed by atoms with Crippen molar-refractivity contribution in [1.82, 2.24) is 9.97 Å². The van der Waals surface area contributed by atoms with Crippen LogP contribution in [-0.2, 0) is 0 Å². The van der Waals surface area contributed by atoms with Crippen LogP contribution < -0.4 is 10.7 Å². The molecule has 0 bridgehead atoms. The van der Waals surface area contributed by atoms with Gasteiger partial charge in [-0.1, -0.05) is 36.4 Å². The number of para-hydroxylation sites is 2. The summed E-state index contributed by atoms with van der Waals surface area (Å²) in [6, 6.07) is 20.1. The summed E-state index contributed by atoms with van der Waals surface area (Å²) in [7, 11) is 0. The van der Waals surface area contributed by atoms with Crippen LogP contribution in [0.15, 0.2) is 83.9 Å². The van der Waals surface area contributed by atoms with Gasteiger partial charge in [0.05, 0.1) is 11.4 Å². The minimum atomic E-state index is -0.458. The van der Waals surface area contributed by atoms with Gasteiger partial charge in [0.15, 0.2) is 0 Å². The average molecular weight is 341 g/mol. The SMILES string of the molecule is O=C(Nc1ccccc1-c1ccccn1)c1c[nH]c2ccccc2c1=O. The number of carbonyl (C=O) groups excluding carboxylic acids is 1. The van der Waals surface area contributed by atoms with E-state index in [0.29, 0.717) is 16.6 Å². The summed E-state index contributed by atoms with van der Waals surface area (Å²) in [6.07, 6.45) is 3.14. The fourth-order valence-electron chi connectivity index (χ4n) is 2.86. The molecule has 126 valence electrons. The van der Waals surface area contributed by atoms with Gasteiger partial charge in [-0.2, -0.15) is 0 Å². The molecule has 2 aromatic heterocycles. The molecule has 0 saturated carbocycles. The number of nitrogens with one attached hydrogen (secondary N) is 2. The summed E-state index contributed by atoms with van der Waals surface area (Å²) in [4.78, 5) is 32.7. The highest BCUT2D eigenvalue weighted by atomic mass is 16.2. The van der Waals surface area contributed by atoms with Crippen molar-refractivity contribution in [1.29, 1.82) is 0 Å². The van der Waals surface area contributed by atoms with Crippen molar-refractivity contribution >= 4 is 22.5 Å². The normalized spacial score (nSPS) is 10.6. The molecule has 0 fully saturated rings. The topological polar surface area (TPSA) is 74.8 Å². The highest BCUT2D eigenvalue weighted by molar-refractivity contribution is 6.07. The van der Waals surface area contributed by atoms with Crippen molar-refractivity contribution in [2.45, 2.75) is 0 Å². The molecular weight excluding hydrogens is 326 g/mol. The maximum atomic E-state index is 12.7. The van der Waals surface area contributed by atoms with Crippen LogP contribution in [0.4, 0.5) is 5.69 Å². The lowest BCUT2D eigenvalue weighted by Crippen LogP contribution is -2.22. The molecule has 2 aromatic carbocycles. The lowest BCUT2D eigenvalue weighted by molar-refractivity contribution is 0.102. The number of carbonyl (C=O) groups is 1. The molecule has 0 radical (unpaired) electrons. The monoisotopic (exact) mass is 341 g/mol. The molecule has 2 heterocycles. The van der Waals surface area contributed by atoms with E-state index in [9.17, 15) is 9.59 Å². The van der Waals surface area contributed by atoms with Gasteiger partial charge in [-0.15, -0.1) is 0 Å². The van der Waals surface area contributed by atoms with E-state index < -0.39 is 5.91 Å². The van der Waals surface area contributed by atoms with Gasteiger partial charge in [0.2, 0.25) is 5.43 Å². The van der Waals surface area contributed by atoms with E-state index in [0.717, 1.165) is 11.3 Å². The van der Waals surface area contributed by atoms with E-state index in [1.54, 1.807) is 30.5 Å². The van der Waals surface area contributed by atoms with Crippen LogP contribution in [-0.4, -0.2) is 15.9 Å². The van der Waals surface area contributed by atoms with Crippen molar-refractivity contribution < 1.29 is 4.79 Å². The molecule has 1 amide bonds. The molecule has 0 unspecified atom stereocenters. The van der Waals surface area contributed by atoms with Crippen molar-refractivity contribution in [3.05, 3.63) is 94.9 Å². The van der Waals surface area contributed by atoms with Crippen LogP contribution in [0.5, 0.6) is 0 Å². The Bertz CT molecular complexity index is 1150. The fourth-order valence-corrected chi connectivity index (χ4v) is 2.86. The Kier molecular flexibility index (Phi) is 4.03. The van der Waals surface area contributed by atoms with Gasteiger partial charge in [0.1, 0.15) is 5.56 Å². The van der Waals surface area contributed by atoms with Crippen molar-refractivity contribution in [3.8, 4) is 11.3 Å². The third kappa shape index (κ3) is 2.86. The van der Waals surface area contributed by atoms with E-state index in [1.165, 1.54) is 6.20 Å². The first-order chi connectivity index (χ1) is 12.7. The maximum absolute atomic E-state index is 12.7. The number of aromatic nitrogens is 2. The van der Waals surface area contributed by atoms with E-state index >= 15 is 0 Å². The van der Waals surface area contributed by atoms with Crippen LogP contribution >= 0.6 is 0 Å². The summed E-state index contributed by atoms with van der Waals surface area (Å²) >= 11 is 0. The zero-order valence-electron chi connectivity index (χ0n) is 13.8. The second-order valence-electron chi connectivity index (χ2n) is 5.79. The highest BCUT2D eigenvalue weighted by Crippen LogP contribution is 2.26. The summed E-state index contributed by atoms with van der Waals surface area (Å²) in [5.74, 6) is -0.458. The summed E-state index contributed by atoms with van der Waals surface area (Å²) in [5.41, 5.74) is 2.60. The number of anilines is 1. The van der Waals surface area contributed by atoms with Gasteiger partial charge in [-0.05, 0) is 30.3 Å². The molecule has 0 atom stereocenters. The zero-order chi connectivity index (χ0) is 17.9. The van der Waals surface area contributed by atoms with Gasteiger partial charge in [0, 0.05) is 28.9 Å². The minimum absolute atomic E-state index is 0.0690. The largest absolute Gasteiger partial charge is 0.360 e. The minimum Gasteiger partial charge on any atom is -0.360 e. The number of hydrogen-bond acceptors (Lipinski definition) is 3. The highest BCUT2D eigenvalue weighted by Gasteiger charge is 2.15. The van der Waals surface area contributed by atoms with Crippen LogP contribution in [0.3, 0.4) is 0 Å². The van der Waals surface area contributed by atoms with Gasteiger partial charge in [-0.25, -0.2) is 0 Å². The first-order valence-electron chi connectivity index (χ1n) is 8.16. The molecule has 4 rings (SSSR count). The molecule has 0 saturated heterocycles. The van der Waals surface area contributed by atoms with Crippen LogP contribution in [0, 0.1) is 0 Å². The molecule has 5 heteroatoms. The molecule has 0 aliphatic rings. The lowest BCUT2D eigenvalue weighted by Gasteiger charge is -2.11. The smallest absolute Gasteiger partial charge is 0.261 e. The van der Waals surface area contributed by atoms with Crippen LogP contribution in [0.25, 0.3) is 22.2 Å². The number of hydrogen-bond donors (Lipinski definition) is 2. The zero-order valence-corrected chi connectivity index (χ0v) is 13.8. The second kappa shape index (κ2) is 6.64. The van der Waals surface area contributed by atoms with E-state index in [2.05, 4.69) is 15.3 Å². The van der Waals surface area contributed by atoms with Gasteiger partial charge >= 0.3 is 0 Å². The van der Waals surface area contributed by atoms with Gasteiger partial charge in [0.25, 0.3) is 5.91 Å². The number of benzene rings is 2.